The van der Waals surface area contributed by atoms with Crippen LogP contribution in [0.1, 0.15) is 17.4 Å². The molecule has 0 aromatic carbocycles. The van der Waals surface area contributed by atoms with Crippen LogP contribution in [0.3, 0.4) is 0 Å². The molecule has 21 heavy (non-hydrogen) atoms. The largest absolute Gasteiger partial charge is 0.337 e. The van der Waals surface area contributed by atoms with Gasteiger partial charge in [0.1, 0.15) is 0 Å². The van der Waals surface area contributed by atoms with Crippen molar-refractivity contribution in [3.8, 4) is 10.7 Å². The third kappa shape index (κ3) is 2.69. The van der Waals surface area contributed by atoms with Crippen LogP contribution in [0.2, 0.25) is 0 Å². The van der Waals surface area contributed by atoms with Gasteiger partial charge >= 0.3 is 0 Å². The number of H-pyrrole nitrogens is 1. The molecule has 2 N–H and O–H groups in total. The SMILES string of the molecule is CC1CN(c2n[nH]c(-c3cc4c(s3)CCSC4)n2)CCN1. The smallest absolute Gasteiger partial charge is 0.245 e. The molecule has 0 bridgehead atoms. The molecule has 2 aromatic heterocycles. The summed E-state index contributed by atoms with van der Waals surface area (Å²) < 4.78 is 0. The van der Waals surface area contributed by atoms with Crippen molar-refractivity contribution in [2.45, 2.75) is 25.1 Å². The lowest BCUT2D eigenvalue weighted by Gasteiger charge is -2.30. The standard InChI is InChI=1S/C14H19N5S2/c1-9-7-19(4-3-15-9)14-16-13(17-18-14)12-6-10-8-20-5-2-11(10)21-12/h6,9,15H,2-5,7-8H2,1H3,(H,16,17,18). The number of anilines is 1. The lowest BCUT2D eigenvalue weighted by atomic mass is 10.2. The Morgan fingerprint density at radius 1 is 1.43 bits per heavy atom. The van der Waals surface area contributed by atoms with Crippen LogP contribution < -0.4 is 10.2 Å². The van der Waals surface area contributed by atoms with E-state index in [4.69, 9.17) is 4.98 Å². The number of aromatic amines is 1. The Kier molecular flexibility index (Phi) is 3.64. The molecule has 1 unspecified atom stereocenters. The van der Waals surface area contributed by atoms with E-state index >= 15 is 0 Å². The van der Waals surface area contributed by atoms with E-state index in [0.29, 0.717) is 6.04 Å². The van der Waals surface area contributed by atoms with Gasteiger partial charge in [0.15, 0.2) is 5.82 Å². The van der Waals surface area contributed by atoms with Gasteiger partial charge in [0, 0.05) is 36.3 Å². The Morgan fingerprint density at radius 2 is 2.38 bits per heavy atom. The Labute approximate surface area is 132 Å². The molecule has 7 heteroatoms. The zero-order chi connectivity index (χ0) is 14.2. The van der Waals surface area contributed by atoms with Crippen molar-refractivity contribution >= 4 is 29.0 Å². The van der Waals surface area contributed by atoms with Gasteiger partial charge in [-0.15, -0.1) is 16.4 Å². The molecule has 5 nitrogen and oxygen atoms in total. The first-order valence-corrected chi connectivity index (χ1v) is 9.37. The van der Waals surface area contributed by atoms with Crippen molar-refractivity contribution in [2.75, 3.05) is 30.3 Å². The molecule has 1 fully saturated rings. The number of nitrogens with zero attached hydrogens (tertiary/aromatic N) is 3. The van der Waals surface area contributed by atoms with E-state index in [9.17, 15) is 0 Å². The molecule has 0 amide bonds. The Hall–Kier alpha value is -1.05. The number of thioether (sulfide) groups is 1. The van der Waals surface area contributed by atoms with E-state index in [-0.39, 0.29) is 0 Å². The van der Waals surface area contributed by atoms with Gasteiger partial charge < -0.3 is 10.2 Å². The monoisotopic (exact) mass is 321 g/mol. The number of thiophene rings is 1. The number of aromatic nitrogens is 3. The van der Waals surface area contributed by atoms with E-state index in [0.717, 1.165) is 37.2 Å². The van der Waals surface area contributed by atoms with Gasteiger partial charge in [0.05, 0.1) is 4.88 Å². The molecule has 2 aliphatic rings. The molecule has 4 rings (SSSR count). The van der Waals surface area contributed by atoms with Gasteiger partial charge in [-0.05, 0) is 30.7 Å². The number of rotatable bonds is 2. The highest BCUT2D eigenvalue weighted by Crippen LogP contribution is 2.36. The molecule has 1 saturated heterocycles. The first-order chi connectivity index (χ1) is 10.3. The van der Waals surface area contributed by atoms with E-state index in [2.05, 4.69) is 33.4 Å². The van der Waals surface area contributed by atoms with Crippen molar-refractivity contribution in [3.05, 3.63) is 16.5 Å². The molecule has 1 atom stereocenters. The first kappa shape index (κ1) is 13.6. The molecule has 112 valence electrons. The fourth-order valence-corrected chi connectivity index (χ4v) is 5.19. The van der Waals surface area contributed by atoms with Crippen LogP contribution in [-0.4, -0.2) is 46.6 Å². The second kappa shape index (κ2) is 5.62. The van der Waals surface area contributed by atoms with Crippen LogP contribution in [0, 0.1) is 0 Å². The normalized spacial score (nSPS) is 22.3. The Balaban J connectivity index is 1.57. The number of hydrogen-bond acceptors (Lipinski definition) is 6. The summed E-state index contributed by atoms with van der Waals surface area (Å²) >= 11 is 3.89. The second-order valence-electron chi connectivity index (χ2n) is 5.65. The second-order valence-corrected chi connectivity index (χ2v) is 7.89. The number of piperazine rings is 1. The van der Waals surface area contributed by atoms with E-state index in [1.807, 2.05) is 23.1 Å². The molecule has 2 aliphatic heterocycles. The summed E-state index contributed by atoms with van der Waals surface area (Å²) in [6.07, 6.45) is 1.20. The highest BCUT2D eigenvalue weighted by Gasteiger charge is 2.21. The summed E-state index contributed by atoms with van der Waals surface area (Å²) in [5.41, 5.74) is 1.49. The van der Waals surface area contributed by atoms with Gasteiger partial charge in [-0.25, -0.2) is 0 Å². The zero-order valence-electron chi connectivity index (χ0n) is 12.1. The minimum absolute atomic E-state index is 0.492. The number of nitrogens with one attached hydrogen (secondary N) is 2. The van der Waals surface area contributed by atoms with Crippen LogP contribution >= 0.6 is 23.1 Å². The molecule has 4 heterocycles. The fraction of sp³-hybridized carbons (Fsp3) is 0.571. The third-order valence-electron chi connectivity index (χ3n) is 3.99. The lowest BCUT2D eigenvalue weighted by molar-refractivity contribution is 0.480. The number of aryl methyl sites for hydroxylation is 1. The summed E-state index contributed by atoms with van der Waals surface area (Å²) in [4.78, 5) is 9.72. The molecule has 0 aliphatic carbocycles. The van der Waals surface area contributed by atoms with Gasteiger partial charge in [-0.3, -0.25) is 5.10 Å². The molecule has 2 aromatic rings. The Morgan fingerprint density at radius 3 is 3.24 bits per heavy atom. The fourth-order valence-electron chi connectivity index (χ4n) is 2.88. The zero-order valence-corrected chi connectivity index (χ0v) is 13.7. The predicted molar refractivity (Wildman–Crippen MR) is 89.2 cm³/mol. The van der Waals surface area contributed by atoms with E-state index in [1.54, 1.807) is 0 Å². The predicted octanol–water partition coefficient (Wildman–Crippen LogP) is 2.12. The number of fused-ring (bicyclic) bond motifs is 1. The maximum Gasteiger partial charge on any atom is 0.245 e. The van der Waals surface area contributed by atoms with Crippen LogP contribution in [0.15, 0.2) is 6.07 Å². The molecular formula is C14H19N5S2. The van der Waals surface area contributed by atoms with Crippen molar-refractivity contribution < 1.29 is 0 Å². The van der Waals surface area contributed by atoms with E-state index in [1.165, 1.54) is 27.5 Å². The minimum Gasteiger partial charge on any atom is -0.337 e. The molecule has 0 saturated carbocycles. The molecule has 0 spiro atoms. The van der Waals surface area contributed by atoms with Crippen LogP contribution in [0.25, 0.3) is 10.7 Å². The third-order valence-corrected chi connectivity index (χ3v) is 6.24. The van der Waals surface area contributed by atoms with Gasteiger partial charge in [0.2, 0.25) is 5.95 Å². The maximum atomic E-state index is 4.72. The summed E-state index contributed by atoms with van der Waals surface area (Å²) in [7, 11) is 0. The summed E-state index contributed by atoms with van der Waals surface area (Å²) in [6, 6.07) is 2.78. The summed E-state index contributed by atoms with van der Waals surface area (Å²) in [5.74, 6) is 4.13. The highest BCUT2D eigenvalue weighted by atomic mass is 32.2. The molecule has 0 radical (unpaired) electrons. The first-order valence-electron chi connectivity index (χ1n) is 7.40. The van der Waals surface area contributed by atoms with Crippen LogP contribution in [0.4, 0.5) is 5.95 Å². The summed E-state index contributed by atoms with van der Waals surface area (Å²) in [6.45, 7) is 5.13. The lowest BCUT2D eigenvalue weighted by Crippen LogP contribution is -2.49. The Bertz CT molecular complexity index is 612. The van der Waals surface area contributed by atoms with Gasteiger partial charge in [0.25, 0.3) is 0 Å². The minimum atomic E-state index is 0.492. The van der Waals surface area contributed by atoms with Gasteiger partial charge in [-0.2, -0.15) is 16.7 Å². The van der Waals surface area contributed by atoms with Crippen molar-refractivity contribution in [1.82, 2.24) is 20.5 Å². The summed E-state index contributed by atoms with van der Waals surface area (Å²) in [5, 5.41) is 11.0. The average Bonchev–Trinajstić information content (AvgIpc) is 3.14. The van der Waals surface area contributed by atoms with Crippen LogP contribution in [0.5, 0.6) is 0 Å². The van der Waals surface area contributed by atoms with Gasteiger partial charge in [-0.1, -0.05) is 0 Å². The van der Waals surface area contributed by atoms with Crippen molar-refractivity contribution in [1.29, 1.82) is 0 Å². The highest BCUT2D eigenvalue weighted by molar-refractivity contribution is 7.98. The van der Waals surface area contributed by atoms with Crippen molar-refractivity contribution in [3.63, 3.8) is 0 Å². The quantitative estimate of drug-likeness (QED) is 0.887. The average molecular weight is 321 g/mol. The molecular weight excluding hydrogens is 302 g/mol. The topological polar surface area (TPSA) is 56.8 Å². The maximum absolute atomic E-state index is 4.72. The van der Waals surface area contributed by atoms with E-state index < -0.39 is 0 Å². The van der Waals surface area contributed by atoms with Crippen LogP contribution in [-0.2, 0) is 12.2 Å². The van der Waals surface area contributed by atoms with Crippen molar-refractivity contribution in [2.24, 2.45) is 0 Å². The number of hydrogen-bond donors (Lipinski definition) is 2.